The highest BCUT2D eigenvalue weighted by molar-refractivity contribution is 5.87. The summed E-state index contributed by atoms with van der Waals surface area (Å²) in [6.07, 6.45) is -0.731. The maximum atomic E-state index is 11.4. The number of urea groups is 1. The average Bonchev–Trinajstić information content (AvgIpc) is 2.36. The van der Waals surface area contributed by atoms with Crippen LogP contribution in [0.5, 0.6) is 0 Å². The quantitative estimate of drug-likeness (QED) is 0.443. The van der Waals surface area contributed by atoms with Gasteiger partial charge in [0.25, 0.3) is 0 Å². The lowest BCUT2D eigenvalue weighted by Crippen LogP contribution is -2.50. The van der Waals surface area contributed by atoms with Gasteiger partial charge >= 0.3 is 12.0 Å². The maximum absolute atomic E-state index is 11.4. The normalized spacial score (nSPS) is 20.3. The zero-order valence-corrected chi connectivity index (χ0v) is 10.3. The van der Waals surface area contributed by atoms with Gasteiger partial charge in [-0.3, -0.25) is 4.79 Å². The highest BCUT2D eigenvalue weighted by Crippen LogP contribution is 1.99. The molecule has 108 valence electrons. The van der Waals surface area contributed by atoms with Crippen molar-refractivity contribution in [1.29, 1.82) is 0 Å². The van der Waals surface area contributed by atoms with Crippen molar-refractivity contribution in [2.75, 3.05) is 26.4 Å². The monoisotopic (exact) mass is 275 g/mol. The Labute approximate surface area is 109 Å². The summed E-state index contributed by atoms with van der Waals surface area (Å²) in [4.78, 5) is 32.9. The van der Waals surface area contributed by atoms with Crippen LogP contribution in [0.2, 0.25) is 0 Å². The predicted molar refractivity (Wildman–Crippen MR) is 62.3 cm³/mol. The molecule has 0 aromatic carbocycles. The van der Waals surface area contributed by atoms with Gasteiger partial charge in [0.15, 0.2) is 0 Å². The van der Waals surface area contributed by atoms with Gasteiger partial charge in [0.05, 0.1) is 32.3 Å². The third kappa shape index (κ3) is 6.02. The van der Waals surface area contributed by atoms with Gasteiger partial charge in [-0.1, -0.05) is 0 Å². The second-order valence-electron chi connectivity index (χ2n) is 3.98. The molecule has 0 aromatic heterocycles. The Balaban J connectivity index is 2.31. The Morgan fingerprint density at radius 3 is 2.63 bits per heavy atom. The molecule has 1 fully saturated rings. The van der Waals surface area contributed by atoms with Gasteiger partial charge in [-0.2, -0.15) is 0 Å². The highest BCUT2D eigenvalue weighted by Gasteiger charge is 2.22. The van der Waals surface area contributed by atoms with Crippen molar-refractivity contribution in [3.8, 4) is 0 Å². The number of nitrogens with two attached hydrogens (primary N) is 1. The summed E-state index contributed by atoms with van der Waals surface area (Å²) in [7, 11) is 0. The minimum absolute atomic E-state index is 0.189. The molecule has 1 aliphatic rings. The number of nitrogens with one attached hydrogen (secondary N) is 2. The third-order valence-corrected chi connectivity index (χ3v) is 2.38. The van der Waals surface area contributed by atoms with E-state index in [-0.39, 0.29) is 12.6 Å². The van der Waals surface area contributed by atoms with Gasteiger partial charge in [-0.15, -0.1) is 0 Å². The molecule has 1 saturated heterocycles. The second kappa shape index (κ2) is 7.54. The van der Waals surface area contributed by atoms with Crippen molar-refractivity contribution in [3.05, 3.63) is 0 Å². The summed E-state index contributed by atoms with van der Waals surface area (Å²) < 4.78 is 10.4. The van der Waals surface area contributed by atoms with E-state index in [2.05, 4.69) is 10.6 Å². The van der Waals surface area contributed by atoms with E-state index in [1.807, 2.05) is 0 Å². The van der Waals surface area contributed by atoms with Gasteiger partial charge in [0.2, 0.25) is 5.91 Å². The Kier molecular flexibility index (Phi) is 6.03. The Hall–Kier alpha value is -1.87. The molecule has 19 heavy (non-hydrogen) atoms. The summed E-state index contributed by atoms with van der Waals surface area (Å²) in [5.74, 6) is -2.14. The lowest BCUT2D eigenvalue weighted by atomic mass is 10.2. The molecule has 2 atom stereocenters. The van der Waals surface area contributed by atoms with Crippen molar-refractivity contribution in [1.82, 2.24) is 10.6 Å². The summed E-state index contributed by atoms with van der Waals surface area (Å²) in [6.45, 7) is 1.52. The molecular weight excluding hydrogens is 258 g/mol. The molecular formula is C10H17N3O6. The van der Waals surface area contributed by atoms with Crippen LogP contribution in [0.1, 0.15) is 6.42 Å². The smallest absolute Gasteiger partial charge is 0.326 e. The number of carboxylic acid groups (broad SMARTS) is 1. The Morgan fingerprint density at radius 1 is 1.37 bits per heavy atom. The molecule has 5 N–H and O–H groups in total. The first-order valence-corrected chi connectivity index (χ1v) is 5.74. The van der Waals surface area contributed by atoms with E-state index >= 15 is 0 Å². The van der Waals surface area contributed by atoms with E-state index in [4.69, 9.17) is 20.3 Å². The summed E-state index contributed by atoms with van der Waals surface area (Å²) >= 11 is 0. The molecule has 1 aliphatic heterocycles. The highest BCUT2D eigenvalue weighted by atomic mass is 16.6. The lowest BCUT2D eigenvalue weighted by molar-refractivity contribution is -0.140. The van der Waals surface area contributed by atoms with Gasteiger partial charge < -0.3 is 30.9 Å². The molecule has 9 heteroatoms. The second-order valence-corrected chi connectivity index (χ2v) is 3.98. The van der Waals surface area contributed by atoms with Crippen LogP contribution in [0.3, 0.4) is 0 Å². The molecule has 9 nitrogen and oxygen atoms in total. The molecule has 0 aliphatic carbocycles. The first kappa shape index (κ1) is 15.2. The first-order valence-electron chi connectivity index (χ1n) is 5.74. The summed E-state index contributed by atoms with van der Waals surface area (Å²) in [5, 5.41) is 13.4. The van der Waals surface area contributed by atoms with Crippen LogP contribution in [0, 0.1) is 0 Å². The van der Waals surface area contributed by atoms with Crippen LogP contribution in [0.15, 0.2) is 0 Å². The first-order chi connectivity index (χ1) is 8.99. The topological polar surface area (TPSA) is 140 Å². The minimum atomic E-state index is -1.35. The number of ether oxygens (including phenoxy) is 2. The molecule has 3 amide bonds. The Morgan fingerprint density at radius 2 is 2.11 bits per heavy atom. The molecule has 2 unspecified atom stereocenters. The van der Waals surface area contributed by atoms with Crippen molar-refractivity contribution in [3.63, 3.8) is 0 Å². The lowest BCUT2D eigenvalue weighted by Gasteiger charge is -2.23. The Bertz CT molecular complexity index is 342. The summed E-state index contributed by atoms with van der Waals surface area (Å²) in [6, 6.07) is -2.05. The van der Waals surface area contributed by atoms with E-state index in [0.29, 0.717) is 19.8 Å². The maximum Gasteiger partial charge on any atom is 0.326 e. The number of carbonyl (C=O) groups excluding carboxylic acids is 2. The molecule has 1 rings (SSSR count). The standard InChI is InChI=1S/C10H17N3O6/c11-8(14)3-7(9(15)16)13-10(17)12-4-6-5-18-1-2-19-6/h6-7H,1-5H2,(H2,11,14)(H,15,16)(H2,12,13,17). The largest absolute Gasteiger partial charge is 0.480 e. The van der Waals surface area contributed by atoms with Gasteiger partial charge in [-0.25, -0.2) is 9.59 Å². The number of hydrogen-bond acceptors (Lipinski definition) is 5. The average molecular weight is 275 g/mol. The van der Waals surface area contributed by atoms with Crippen LogP contribution >= 0.6 is 0 Å². The van der Waals surface area contributed by atoms with Gasteiger partial charge in [0.1, 0.15) is 6.04 Å². The molecule has 0 bridgehead atoms. The fourth-order valence-electron chi connectivity index (χ4n) is 1.47. The van der Waals surface area contributed by atoms with E-state index in [1.165, 1.54) is 0 Å². The summed E-state index contributed by atoms with van der Waals surface area (Å²) in [5.41, 5.74) is 4.89. The SMILES string of the molecule is NC(=O)CC(NC(=O)NCC1COCCO1)C(=O)O. The van der Waals surface area contributed by atoms with Crippen LogP contribution in [0.4, 0.5) is 4.79 Å². The zero-order chi connectivity index (χ0) is 14.3. The van der Waals surface area contributed by atoms with E-state index in [9.17, 15) is 14.4 Å². The predicted octanol–water partition coefficient (Wildman–Crippen LogP) is -1.97. The van der Waals surface area contributed by atoms with Crippen molar-refractivity contribution in [2.24, 2.45) is 5.73 Å². The number of amides is 3. The van der Waals surface area contributed by atoms with Crippen molar-refractivity contribution in [2.45, 2.75) is 18.6 Å². The van der Waals surface area contributed by atoms with Gasteiger partial charge in [-0.05, 0) is 0 Å². The van der Waals surface area contributed by atoms with E-state index < -0.39 is 30.4 Å². The van der Waals surface area contributed by atoms with E-state index in [1.54, 1.807) is 0 Å². The third-order valence-electron chi connectivity index (χ3n) is 2.38. The van der Waals surface area contributed by atoms with Gasteiger partial charge in [0, 0.05) is 6.54 Å². The van der Waals surface area contributed by atoms with Crippen LogP contribution in [0.25, 0.3) is 0 Å². The van der Waals surface area contributed by atoms with Crippen molar-refractivity contribution < 1.29 is 29.0 Å². The number of primary amides is 1. The molecule has 1 heterocycles. The van der Waals surface area contributed by atoms with E-state index in [0.717, 1.165) is 0 Å². The van der Waals surface area contributed by atoms with Crippen LogP contribution in [-0.2, 0) is 19.1 Å². The number of hydrogen-bond donors (Lipinski definition) is 4. The number of carboxylic acids is 1. The zero-order valence-electron chi connectivity index (χ0n) is 10.3. The van der Waals surface area contributed by atoms with Crippen molar-refractivity contribution >= 4 is 17.9 Å². The number of carbonyl (C=O) groups is 3. The van der Waals surface area contributed by atoms with Crippen LogP contribution in [-0.4, -0.2) is 61.5 Å². The molecule has 0 aromatic rings. The molecule has 0 spiro atoms. The number of aliphatic carboxylic acids is 1. The van der Waals surface area contributed by atoms with Crippen LogP contribution < -0.4 is 16.4 Å². The molecule has 0 saturated carbocycles. The number of rotatable bonds is 6. The fourth-order valence-corrected chi connectivity index (χ4v) is 1.47. The fraction of sp³-hybridized carbons (Fsp3) is 0.700. The minimum Gasteiger partial charge on any atom is -0.480 e. The molecule has 0 radical (unpaired) electrons.